The van der Waals surface area contributed by atoms with Gasteiger partial charge in [0.05, 0.1) is 17.8 Å². The van der Waals surface area contributed by atoms with Crippen LogP contribution in [0.2, 0.25) is 5.02 Å². The van der Waals surface area contributed by atoms with Crippen molar-refractivity contribution in [2.24, 2.45) is 0 Å². The number of rotatable bonds is 5. The van der Waals surface area contributed by atoms with E-state index < -0.39 is 0 Å². The summed E-state index contributed by atoms with van der Waals surface area (Å²) in [5.41, 5.74) is 2.77. The van der Waals surface area contributed by atoms with Crippen LogP contribution in [-0.4, -0.2) is 15.7 Å². The molecule has 5 nitrogen and oxygen atoms in total. The van der Waals surface area contributed by atoms with Crippen LogP contribution in [0, 0.1) is 13.8 Å². The minimum atomic E-state index is -0.216. The van der Waals surface area contributed by atoms with Crippen LogP contribution in [0.25, 0.3) is 11.0 Å². The van der Waals surface area contributed by atoms with Crippen LogP contribution in [0.5, 0.6) is 0 Å². The van der Waals surface area contributed by atoms with Gasteiger partial charge in [-0.25, -0.2) is 0 Å². The molecule has 0 saturated carbocycles. The van der Waals surface area contributed by atoms with E-state index >= 15 is 0 Å². The molecule has 2 atom stereocenters. The molecule has 0 aliphatic heterocycles. The number of nitrogens with zero attached hydrogens (tertiary/aromatic N) is 2. The number of halogens is 1. The van der Waals surface area contributed by atoms with E-state index in [0.717, 1.165) is 22.4 Å². The van der Waals surface area contributed by atoms with E-state index in [0.29, 0.717) is 17.2 Å². The van der Waals surface area contributed by atoms with Crippen molar-refractivity contribution >= 4 is 28.5 Å². The summed E-state index contributed by atoms with van der Waals surface area (Å²) in [6.07, 6.45) is 0.359. The van der Waals surface area contributed by atoms with Crippen molar-refractivity contribution in [2.45, 2.75) is 46.2 Å². The van der Waals surface area contributed by atoms with E-state index in [-0.39, 0.29) is 18.0 Å². The largest absolute Gasteiger partial charge is 0.459 e. The highest BCUT2D eigenvalue weighted by atomic mass is 35.5. The molecule has 132 valence electrons. The summed E-state index contributed by atoms with van der Waals surface area (Å²) >= 11 is 6.00. The van der Waals surface area contributed by atoms with Crippen LogP contribution in [0.3, 0.4) is 0 Å². The van der Waals surface area contributed by atoms with E-state index in [9.17, 15) is 4.79 Å². The van der Waals surface area contributed by atoms with Crippen LogP contribution < -0.4 is 5.32 Å². The zero-order valence-corrected chi connectivity index (χ0v) is 15.6. The molecule has 6 heteroatoms. The lowest BCUT2D eigenvalue weighted by molar-refractivity contribution is -0.122. The summed E-state index contributed by atoms with van der Waals surface area (Å²) in [6.45, 7) is 7.85. The first-order chi connectivity index (χ1) is 11.8. The van der Waals surface area contributed by atoms with Crippen molar-refractivity contribution in [3.05, 3.63) is 52.5 Å². The lowest BCUT2D eigenvalue weighted by Gasteiger charge is -2.16. The molecule has 0 bridgehead atoms. The van der Waals surface area contributed by atoms with Crippen LogP contribution in [0.4, 0.5) is 0 Å². The molecule has 1 aromatic carbocycles. The number of carbonyl (C=O) groups excluding carboxylic acids is 1. The number of nitrogens with one attached hydrogen (secondary N) is 1. The minimum Gasteiger partial charge on any atom is -0.459 e. The van der Waals surface area contributed by atoms with Gasteiger partial charge in [0.2, 0.25) is 5.91 Å². The first kappa shape index (κ1) is 17.5. The van der Waals surface area contributed by atoms with Gasteiger partial charge >= 0.3 is 0 Å². The quantitative estimate of drug-likeness (QED) is 0.716. The van der Waals surface area contributed by atoms with Gasteiger partial charge in [-0.2, -0.15) is 5.10 Å². The number of furan rings is 1. The number of aryl methyl sites for hydroxylation is 2. The van der Waals surface area contributed by atoms with Crippen molar-refractivity contribution in [3.63, 3.8) is 0 Å². The van der Waals surface area contributed by atoms with Crippen molar-refractivity contribution in [1.29, 1.82) is 0 Å². The van der Waals surface area contributed by atoms with Gasteiger partial charge < -0.3 is 9.73 Å². The Bertz CT molecular complexity index is 913. The summed E-state index contributed by atoms with van der Waals surface area (Å²) in [5.74, 6) is 0.676. The highest BCUT2D eigenvalue weighted by molar-refractivity contribution is 6.31. The van der Waals surface area contributed by atoms with Crippen LogP contribution >= 0.6 is 11.6 Å². The lowest BCUT2D eigenvalue weighted by Crippen LogP contribution is -2.28. The Hall–Kier alpha value is -2.27. The predicted molar refractivity (Wildman–Crippen MR) is 98.8 cm³/mol. The van der Waals surface area contributed by atoms with E-state index in [1.54, 1.807) is 6.07 Å². The van der Waals surface area contributed by atoms with E-state index in [1.165, 1.54) is 0 Å². The second kappa shape index (κ2) is 6.92. The fourth-order valence-corrected chi connectivity index (χ4v) is 3.25. The Morgan fingerprint density at radius 1 is 1.28 bits per heavy atom. The Kier molecular flexibility index (Phi) is 4.86. The fourth-order valence-electron chi connectivity index (χ4n) is 3.07. The van der Waals surface area contributed by atoms with Gasteiger partial charge in [0.15, 0.2) is 0 Å². The van der Waals surface area contributed by atoms with Crippen LogP contribution in [0.1, 0.15) is 49.5 Å². The maximum atomic E-state index is 12.4. The van der Waals surface area contributed by atoms with Gasteiger partial charge in [0.1, 0.15) is 11.3 Å². The van der Waals surface area contributed by atoms with Crippen molar-refractivity contribution in [2.75, 3.05) is 0 Å². The summed E-state index contributed by atoms with van der Waals surface area (Å²) in [7, 11) is 0. The maximum Gasteiger partial charge on any atom is 0.222 e. The molecule has 1 N–H and O–H groups in total. The Balaban J connectivity index is 1.66. The summed E-state index contributed by atoms with van der Waals surface area (Å²) < 4.78 is 7.70. The maximum absolute atomic E-state index is 12.4. The number of amides is 1. The Morgan fingerprint density at radius 3 is 2.72 bits per heavy atom. The lowest BCUT2D eigenvalue weighted by atomic mass is 10.2. The van der Waals surface area contributed by atoms with Gasteiger partial charge in [0.25, 0.3) is 0 Å². The summed E-state index contributed by atoms with van der Waals surface area (Å²) in [5, 5.41) is 9.03. The summed E-state index contributed by atoms with van der Waals surface area (Å²) in [4.78, 5) is 12.4. The van der Waals surface area contributed by atoms with E-state index in [2.05, 4.69) is 10.4 Å². The molecule has 25 heavy (non-hydrogen) atoms. The number of fused-ring (bicyclic) bond motifs is 1. The first-order valence-electron chi connectivity index (χ1n) is 8.34. The molecule has 3 rings (SSSR count). The van der Waals surface area contributed by atoms with Crippen molar-refractivity contribution in [3.8, 4) is 0 Å². The highest BCUT2D eigenvalue weighted by Gasteiger charge is 2.18. The zero-order valence-electron chi connectivity index (χ0n) is 14.8. The van der Waals surface area contributed by atoms with Gasteiger partial charge in [-0.05, 0) is 58.0 Å². The molecule has 3 aromatic rings. The third-order valence-corrected chi connectivity index (χ3v) is 4.48. The topological polar surface area (TPSA) is 60.1 Å². The molecule has 2 unspecified atom stereocenters. The second-order valence-corrected chi connectivity index (χ2v) is 6.98. The number of benzene rings is 1. The van der Waals surface area contributed by atoms with Crippen LogP contribution in [-0.2, 0) is 4.79 Å². The number of hydrogen-bond acceptors (Lipinski definition) is 3. The number of hydrogen-bond donors (Lipinski definition) is 1. The summed E-state index contributed by atoms with van der Waals surface area (Å²) in [6, 6.07) is 9.18. The van der Waals surface area contributed by atoms with Crippen LogP contribution in [0.15, 0.2) is 34.7 Å². The van der Waals surface area contributed by atoms with Gasteiger partial charge in [-0.15, -0.1) is 0 Å². The van der Waals surface area contributed by atoms with Gasteiger partial charge in [0, 0.05) is 22.5 Å². The molecular weight excluding hydrogens is 338 g/mol. The van der Waals surface area contributed by atoms with Crippen molar-refractivity contribution in [1.82, 2.24) is 15.1 Å². The molecule has 0 aliphatic carbocycles. The highest BCUT2D eigenvalue weighted by Crippen LogP contribution is 2.26. The molecule has 2 aromatic heterocycles. The predicted octanol–water partition coefficient (Wildman–Crippen LogP) is 4.73. The fraction of sp³-hybridized carbons (Fsp3) is 0.368. The van der Waals surface area contributed by atoms with Gasteiger partial charge in [-0.1, -0.05) is 11.6 Å². The average Bonchev–Trinajstić information content (AvgIpc) is 3.09. The molecule has 0 spiro atoms. The SMILES string of the molecule is Cc1cc(C)n(C(C)CC(=O)NC(C)c2cc3cc(Cl)ccc3o2)n1. The molecular formula is C19H22ClN3O2. The smallest absolute Gasteiger partial charge is 0.222 e. The standard InChI is InChI=1S/C19H22ClN3O2/c1-11-7-12(2)23(22-11)13(3)8-19(24)21-14(4)18-10-15-9-16(20)5-6-17(15)25-18/h5-7,9-10,13-14H,8H2,1-4H3,(H,21,24). The van der Waals surface area contributed by atoms with E-state index in [1.807, 2.05) is 56.6 Å². The molecule has 0 saturated heterocycles. The zero-order chi connectivity index (χ0) is 18.1. The molecule has 0 aliphatic rings. The second-order valence-electron chi connectivity index (χ2n) is 6.54. The molecule has 0 radical (unpaired) electrons. The third kappa shape index (κ3) is 3.87. The average molecular weight is 360 g/mol. The number of aromatic nitrogens is 2. The third-order valence-electron chi connectivity index (χ3n) is 4.24. The van der Waals surface area contributed by atoms with E-state index in [4.69, 9.17) is 16.0 Å². The monoisotopic (exact) mass is 359 g/mol. The molecule has 1 amide bonds. The number of carbonyl (C=O) groups is 1. The minimum absolute atomic E-state index is 0.00428. The first-order valence-corrected chi connectivity index (χ1v) is 8.72. The van der Waals surface area contributed by atoms with Crippen molar-refractivity contribution < 1.29 is 9.21 Å². The van der Waals surface area contributed by atoms with Gasteiger partial charge in [-0.3, -0.25) is 9.48 Å². The Labute approximate surface area is 152 Å². The molecule has 2 heterocycles. The molecule has 0 fully saturated rings. The Morgan fingerprint density at radius 2 is 2.04 bits per heavy atom. The normalized spacial score (nSPS) is 13.8.